The van der Waals surface area contributed by atoms with E-state index in [0.717, 1.165) is 18.1 Å². The summed E-state index contributed by atoms with van der Waals surface area (Å²) in [5.41, 5.74) is 1.37. The molecule has 0 N–H and O–H groups in total. The highest BCUT2D eigenvalue weighted by Gasteiger charge is 2.31. The molecule has 1 aromatic rings. The number of hydrogen-bond donors (Lipinski definition) is 0. The summed E-state index contributed by atoms with van der Waals surface area (Å²) in [6, 6.07) is 8.17. The number of ether oxygens (including phenoxy) is 1. The van der Waals surface area contributed by atoms with Crippen molar-refractivity contribution in [3.05, 3.63) is 34.9 Å². The van der Waals surface area contributed by atoms with Gasteiger partial charge in [-0.1, -0.05) is 37.1 Å². The smallest absolute Gasteiger partial charge is 0.0841 e. The first kappa shape index (κ1) is 11.0. The van der Waals surface area contributed by atoms with Crippen molar-refractivity contribution >= 4 is 11.6 Å². The van der Waals surface area contributed by atoms with E-state index in [1.165, 1.54) is 18.4 Å². The van der Waals surface area contributed by atoms with Gasteiger partial charge in [0.2, 0.25) is 0 Å². The fourth-order valence-corrected chi connectivity index (χ4v) is 2.17. The highest BCUT2D eigenvalue weighted by Crippen LogP contribution is 2.28. The van der Waals surface area contributed by atoms with E-state index in [0.29, 0.717) is 12.0 Å². The molecule has 0 aliphatic carbocycles. The molecule has 2 rings (SSSR count). The predicted octanol–water partition coefficient (Wildman–Crippen LogP) is 3.70. The fourth-order valence-electron chi connectivity index (χ4n) is 2.04. The van der Waals surface area contributed by atoms with Crippen LogP contribution in [0.25, 0.3) is 0 Å². The number of epoxide rings is 1. The Labute approximate surface area is 96.4 Å². The molecule has 0 saturated carbocycles. The lowest BCUT2D eigenvalue weighted by atomic mass is 9.92. The van der Waals surface area contributed by atoms with Crippen LogP contribution in [0.15, 0.2) is 24.3 Å². The first-order valence-electron chi connectivity index (χ1n) is 5.65. The molecule has 0 bridgehead atoms. The standard InChI is InChI=1S/C13H17ClO/c1-2-3-11(13-9-15-13)8-10-4-6-12(14)7-5-10/h4-7,11,13H,2-3,8-9H2,1H3. The molecule has 2 heteroatoms. The lowest BCUT2D eigenvalue weighted by Crippen LogP contribution is -2.11. The van der Waals surface area contributed by atoms with E-state index in [9.17, 15) is 0 Å². The van der Waals surface area contributed by atoms with Crippen LogP contribution in [0, 0.1) is 5.92 Å². The Morgan fingerprint density at radius 2 is 2.07 bits per heavy atom. The van der Waals surface area contributed by atoms with E-state index in [2.05, 4.69) is 19.1 Å². The highest BCUT2D eigenvalue weighted by atomic mass is 35.5. The summed E-state index contributed by atoms with van der Waals surface area (Å²) in [5.74, 6) is 0.691. The molecule has 1 saturated heterocycles. The number of halogens is 1. The maximum atomic E-state index is 5.86. The maximum Gasteiger partial charge on any atom is 0.0841 e. The van der Waals surface area contributed by atoms with Crippen LogP contribution in [0.3, 0.4) is 0 Å². The molecule has 1 aliphatic heterocycles. The van der Waals surface area contributed by atoms with E-state index < -0.39 is 0 Å². The van der Waals surface area contributed by atoms with Crippen LogP contribution in [-0.2, 0) is 11.2 Å². The zero-order valence-corrected chi connectivity index (χ0v) is 9.83. The van der Waals surface area contributed by atoms with Crippen LogP contribution >= 0.6 is 11.6 Å². The van der Waals surface area contributed by atoms with Crippen LogP contribution in [0.4, 0.5) is 0 Å². The minimum Gasteiger partial charge on any atom is -0.373 e. The van der Waals surface area contributed by atoms with Crippen molar-refractivity contribution in [1.82, 2.24) is 0 Å². The Kier molecular flexibility index (Phi) is 3.66. The van der Waals surface area contributed by atoms with Crippen molar-refractivity contribution in [2.45, 2.75) is 32.3 Å². The molecular weight excluding hydrogens is 208 g/mol. The third-order valence-electron chi connectivity index (χ3n) is 2.96. The summed E-state index contributed by atoms with van der Waals surface area (Å²) < 4.78 is 5.39. The van der Waals surface area contributed by atoms with E-state index in [-0.39, 0.29) is 0 Å². The summed E-state index contributed by atoms with van der Waals surface area (Å²) in [7, 11) is 0. The zero-order chi connectivity index (χ0) is 10.7. The third-order valence-corrected chi connectivity index (χ3v) is 3.21. The molecule has 0 spiro atoms. The van der Waals surface area contributed by atoms with Crippen LogP contribution in [0.5, 0.6) is 0 Å². The normalized spacial score (nSPS) is 21.3. The summed E-state index contributed by atoms with van der Waals surface area (Å²) >= 11 is 5.86. The van der Waals surface area contributed by atoms with Crippen LogP contribution in [0.2, 0.25) is 5.02 Å². The van der Waals surface area contributed by atoms with Gasteiger partial charge >= 0.3 is 0 Å². The van der Waals surface area contributed by atoms with Crippen LogP contribution < -0.4 is 0 Å². The third kappa shape index (κ3) is 3.22. The Morgan fingerprint density at radius 1 is 1.40 bits per heavy atom. The molecule has 2 unspecified atom stereocenters. The zero-order valence-electron chi connectivity index (χ0n) is 9.08. The van der Waals surface area contributed by atoms with E-state index in [4.69, 9.17) is 16.3 Å². The Morgan fingerprint density at radius 3 is 2.60 bits per heavy atom. The lowest BCUT2D eigenvalue weighted by Gasteiger charge is -2.13. The van der Waals surface area contributed by atoms with Gasteiger partial charge in [-0.2, -0.15) is 0 Å². The number of rotatable bonds is 5. The van der Waals surface area contributed by atoms with Gasteiger partial charge in [0, 0.05) is 5.02 Å². The highest BCUT2D eigenvalue weighted by molar-refractivity contribution is 6.30. The van der Waals surface area contributed by atoms with Crippen LogP contribution in [-0.4, -0.2) is 12.7 Å². The van der Waals surface area contributed by atoms with Gasteiger partial charge in [-0.3, -0.25) is 0 Å². The fraction of sp³-hybridized carbons (Fsp3) is 0.538. The summed E-state index contributed by atoms with van der Waals surface area (Å²) in [5, 5.41) is 0.813. The summed E-state index contributed by atoms with van der Waals surface area (Å²) in [6.45, 7) is 3.19. The molecule has 1 aliphatic rings. The second-order valence-corrected chi connectivity index (χ2v) is 4.69. The average molecular weight is 225 g/mol. The van der Waals surface area contributed by atoms with Crippen molar-refractivity contribution in [3.63, 3.8) is 0 Å². The van der Waals surface area contributed by atoms with Gasteiger partial charge in [0.1, 0.15) is 0 Å². The molecule has 1 aromatic carbocycles. The van der Waals surface area contributed by atoms with E-state index in [1.807, 2.05) is 12.1 Å². The van der Waals surface area contributed by atoms with Crippen molar-refractivity contribution in [2.24, 2.45) is 5.92 Å². The van der Waals surface area contributed by atoms with Crippen LogP contribution in [0.1, 0.15) is 25.3 Å². The van der Waals surface area contributed by atoms with Gasteiger partial charge in [0.05, 0.1) is 12.7 Å². The molecule has 1 heterocycles. The van der Waals surface area contributed by atoms with Gasteiger partial charge in [0.25, 0.3) is 0 Å². The molecule has 1 fully saturated rings. The lowest BCUT2D eigenvalue weighted by molar-refractivity contribution is 0.312. The SMILES string of the molecule is CCCC(Cc1ccc(Cl)cc1)C1CO1. The van der Waals surface area contributed by atoms with Gasteiger partial charge in [0.15, 0.2) is 0 Å². The molecule has 0 aromatic heterocycles. The van der Waals surface area contributed by atoms with Gasteiger partial charge in [-0.05, 0) is 36.5 Å². The molecule has 0 radical (unpaired) electrons. The van der Waals surface area contributed by atoms with Gasteiger partial charge in [-0.15, -0.1) is 0 Å². The first-order valence-corrected chi connectivity index (χ1v) is 6.03. The quantitative estimate of drug-likeness (QED) is 0.695. The Hall–Kier alpha value is -0.530. The van der Waals surface area contributed by atoms with Gasteiger partial charge in [-0.25, -0.2) is 0 Å². The molecule has 1 nitrogen and oxygen atoms in total. The molecule has 0 amide bonds. The van der Waals surface area contributed by atoms with Crippen molar-refractivity contribution in [1.29, 1.82) is 0 Å². The molecular formula is C13H17ClO. The topological polar surface area (TPSA) is 12.5 Å². The minimum atomic E-state index is 0.514. The molecule has 82 valence electrons. The molecule has 2 atom stereocenters. The summed E-state index contributed by atoms with van der Waals surface area (Å²) in [4.78, 5) is 0. The predicted molar refractivity (Wildman–Crippen MR) is 63.3 cm³/mol. The Bertz CT molecular complexity index is 303. The van der Waals surface area contributed by atoms with Crippen molar-refractivity contribution in [2.75, 3.05) is 6.61 Å². The molecule has 15 heavy (non-hydrogen) atoms. The minimum absolute atomic E-state index is 0.514. The van der Waals surface area contributed by atoms with Gasteiger partial charge < -0.3 is 4.74 Å². The monoisotopic (exact) mass is 224 g/mol. The maximum absolute atomic E-state index is 5.86. The second kappa shape index (κ2) is 5.00. The number of benzene rings is 1. The van der Waals surface area contributed by atoms with Crippen molar-refractivity contribution in [3.8, 4) is 0 Å². The average Bonchev–Trinajstić information content (AvgIpc) is 3.04. The number of hydrogen-bond acceptors (Lipinski definition) is 1. The Balaban J connectivity index is 1.95. The summed E-state index contributed by atoms with van der Waals surface area (Å²) in [6.07, 6.45) is 4.13. The van der Waals surface area contributed by atoms with E-state index >= 15 is 0 Å². The largest absolute Gasteiger partial charge is 0.373 e. The van der Waals surface area contributed by atoms with Crippen molar-refractivity contribution < 1.29 is 4.74 Å². The van der Waals surface area contributed by atoms with E-state index in [1.54, 1.807) is 0 Å². The second-order valence-electron chi connectivity index (χ2n) is 4.25. The first-order chi connectivity index (χ1) is 7.29.